The third-order valence-corrected chi connectivity index (χ3v) is 1.65. The number of carbonyl (C=O) groups excluding carboxylic acids is 1. The Labute approximate surface area is 87.3 Å². The summed E-state index contributed by atoms with van der Waals surface area (Å²) in [5.41, 5.74) is -1.11. The van der Waals surface area contributed by atoms with Crippen LogP contribution in [0.25, 0.3) is 0 Å². The van der Waals surface area contributed by atoms with Crippen molar-refractivity contribution in [3.63, 3.8) is 0 Å². The zero-order valence-corrected chi connectivity index (χ0v) is 7.62. The number of benzene rings is 1. The van der Waals surface area contributed by atoms with E-state index in [1.165, 1.54) is 0 Å². The van der Waals surface area contributed by atoms with E-state index in [2.05, 4.69) is 4.74 Å². The minimum absolute atomic E-state index is 0.0350. The first-order valence-electron chi connectivity index (χ1n) is 3.92. The SMILES string of the molecule is O=Cc1cc(C(=O)O)cc(F)c1OC(F)F. The highest BCUT2D eigenvalue weighted by Crippen LogP contribution is 2.25. The van der Waals surface area contributed by atoms with Crippen LogP contribution in [-0.4, -0.2) is 24.0 Å². The van der Waals surface area contributed by atoms with Crippen LogP contribution in [0.1, 0.15) is 20.7 Å². The van der Waals surface area contributed by atoms with Gasteiger partial charge in [-0.15, -0.1) is 0 Å². The number of alkyl halides is 2. The first kappa shape index (κ1) is 12.0. The van der Waals surface area contributed by atoms with Crippen LogP contribution in [0.5, 0.6) is 5.75 Å². The van der Waals surface area contributed by atoms with Gasteiger partial charge in [0, 0.05) is 0 Å². The molecular formula is C9H5F3O4. The quantitative estimate of drug-likeness (QED) is 0.808. The summed E-state index contributed by atoms with van der Waals surface area (Å²) >= 11 is 0. The summed E-state index contributed by atoms with van der Waals surface area (Å²) in [5, 5.41) is 8.53. The van der Waals surface area contributed by atoms with Crippen LogP contribution < -0.4 is 4.74 Å². The van der Waals surface area contributed by atoms with Gasteiger partial charge in [-0.2, -0.15) is 8.78 Å². The predicted octanol–water partition coefficient (Wildman–Crippen LogP) is 1.94. The Hall–Kier alpha value is -2.05. The predicted molar refractivity (Wildman–Crippen MR) is 45.4 cm³/mol. The molecule has 86 valence electrons. The van der Waals surface area contributed by atoms with Crippen LogP contribution >= 0.6 is 0 Å². The van der Waals surface area contributed by atoms with Crippen molar-refractivity contribution in [2.24, 2.45) is 0 Å². The average molecular weight is 234 g/mol. The number of rotatable bonds is 4. The summed E-state index contributed by atoms with van der Waals surface area (Å²) in [6, 6.07) is 1.24. The third-order valence-electron chi connectivity index (χ3n) is 1.65. The molecule has 0 amide bonds. The molecular weight excluding hydrogens is 229 g/mol. The number of aldehydes is 1. The molecule has 0 atom stereocenters. The Bertz CT molecular complexity index is 431. The van der Waals surface area contributed by atoms with Crippen LogP contribution in [0.2, 0.25) is 0 Å². The van der Waals surface area contributed by atoms with Crippen molar-refractivity contribution in [3.05, 3.63) is 29.1 Å². The molecule has 0 aliphatic carbocycles. The minimum Gasteiger partial charge on any atom is -0.478 e. The minimum atomic E-state index is -3.30. The zero-order valence-electron chi connectivity index (χ0n) is 7.62. The number of aromatic carboxylic acids is 1. The molecule has 4 nitrogen and oxygen atoms in total. The summed E-state index contributed by atoms with van der Waals surface area (Å²) in [6.07, 6.45) is 0.0350. The maximum atomic E-state index is 13.1. The van der Waals surface area contributed by atoms with Crippen LogP contribution in [0, 0.1) is 5.82 Å². The Morgan fingerprint density at radius 1 is 1.44 bits per heavy atom. The monoisotopic (exact) mass is 234 g/mol. The number of carbonyl (C=O) groups is 2. The van der Waals surface area contributed by atoms with Gasteiger partial charge in [-0.3, -0.25) is 4.79 Å². The molecule has 0 aromatic heterocycles. The second-order valence-corrected chi connectivity index (χ2v) is 2.68. The maximum absolute atomic E-state index is 13.1. The lowest BCUT2D eigenvalue weighted by Gasteiger charge is -2.08. The summed E-state index contributed by atoms with van der Waals surface area (Å²) in [7, 11) is 0. The Morgan fingerprint density at radius 2 is 2.06 bits per heavy atom. The average Bonchev–Trinajstić information content (AvgIpc) is 2.19. The van der Waals surface area contributed by atoms with Crippen molar-refractivity contribution < 1.29 is 32.6 Å². The van der Waals surface area contributed by atoms with Gasteiger partial charge in [-0.1, -0.05) is 0 Å². The standard InChI is InChI=1S/C9H5F3O4/c10-6-2-4(8(14)15)1-5(3-13)7(6)16-9(11)12/h1-3,9H,(H,14,15). The van der Waals surface area contributed by atoms with Crippen molar-refractivity contribution in [3.8, 4) is 5.75 Å². The highest BCUT2D eigenvalue weighted by molar-refractivity contribution is 5.91. The lowest BCUT2D eigenvalue weighted by molar-refractivity contribution is -0.0524. The second-order valence-electron chi connectivity index (χ2n) is 2.68. The molecule has 0 saturated heterocycles. The van der Waals surface area contributed by atoms with Gasteiger partial charge in [0.15, 0.2) is 17.9 Å². The van der Waals surface area contributed by atoms with E-state index >= 15 is 0 Å². The second kappa shape index (κ2) is 4.65. The number of ether oxygens (including phenoxy) is 1. The van der Waals surface area contributed by atoms with E-state index in [0.29, 0.717) is 6.07 Å². The van der Waals surface area contributed by atoms with Crippen molar-refractivity contribution >= 4 is 12.3 Å². The number of halogens is 3. The molecule has 0 aliphatic rings. The Balaban J connectivity index is 3.28. The zero-order chi connectivity index (χ0) is 12.3. The lowest BCUT2D eigenvalue weighted by atomic mass is 10.1. The molecule has 1 rings (SSSR count). The van der Waals surface area contributed by atoms with E-state index in [0.717, 1.165) is 6.07 Å². The summed E-state index contributed by atoms with van der Waals surface area (Å²) < 4.78 is 40.6. The molecule has 0 aliphatic heterocycles. The highest BCUT2D eigenvalue weighted by atomic mass is 19.3. The molecule has 0 unspecified atom stereocenters. The van der Waals surface area contributed by atoms with E-state index in [1.807, 2.05) is 0 Å². The Morgan fingerprint density at radius 3 is 2.50 bits per heavy atom. The van der Waals surface area contributed by atoms with Crippen LogP contribution in [-0.2, 0) is 0 Å². The van der Waals surface area contributed by atoms with Gasteiger partial charge in [0.25, 0.3) is 0 Å². The van der Waals surface area contributed by atoms with Gasteiger partial charge in [-0.05, 0) is 12.1 Å². The van der Waals surface area contributed by atoms with Crippen LogP contribution in [0.15, 0.2) is 12.1 Å². The molecule has 0 saturated carbocycles. The maximum Gasteiger partial charge on any atom is 0.387 e. The number of hydrogen-bond donors (Lipinski definition) is 1. The van der Waals surface area contributed by atoms with Crippen LogP contribution in [0.4, 0.5) is 13.2 Å². The lowest BCUT2D eigenvalue weighted by Crippen LogP contribution is -2.08. The topological polar surface area (TPSA) is 63.6 Å². The first-order valence-corrected chi connectivity index (χ1v) is 3.92. The number of hydrogen-bond acceptors (Lipinski definition) is 3. The summed E-state index contributed by atoms with van der Waals surface area (Å²) in [5.74, 6) is -3.78. The molecule has 7 heteroatoms. The molecule has 1 aromatic carbocycles. The Kier molecular flexibility index (Phi) is 3.49. The fraction of sp³-hybridized carbons (Fsp3) is 0.111. The van der Waals surface area contributed by atoms with E-state index in [9.17, 15) is 22.8 Å². The van der Waals surface area contributed by atoms with Gasteiger partial charge in [0.2, 0.25) is 0 Å². The molecule has 1 N–H and O–H groups in total. The summed E-state index contributed by atoms with van der Waals surface area (Å²) in [6.45, 7) is -3.30. The first-order chi connectivity index (χ1) is 7.45. The highest BCUT2D eigenvalue weighted by Gasteiger charge is 2.18. The smallest absolute Gasteiger partial charge is 0.387 e. The summed E-state index contributed by atoms with van der Waals surface area (Å²) in [4.78, 5) is 20.9. The molecule has 0 spiro atoms. The van der Waals surface area contributed by atoms with Gasteiger partial charge < -0.3 is 9.84 Å². The van der Waals surface area contributed by atoms with E-state index < -0.39 is 35.3 Å². The van der Waals surface area contributed by atoms with E-state index in [1.54, 1.807) is 0 Å². The largest absolute Gasteiger partial charge is 0.478 e. The number of carboxylic acids is 1. The van der Waals surface area contributed by atoms with E-state index in [4.69, 9.17) is 5.11 Å². The van der Waals surface area contributed by atoms with Crippen molar-refractivity contribution in [2.45, 2.75) is 6.61 Å². The molecule has 0 fully saturated rings. The molecule has 1 aromatic rings. The van der Waals surface area contributed by atoms with E-state index in [-0.39, 0.29) is 6.29 Å². The molecule has 0 bridgehead atoms. The molecule has 16 heavy (non-hydrogen) atoms. The normalized spacial score (nSPS) is 10.2. The van der Waals surface area contributed by atoms with Gasteiger partial charge >= 0.3 is 12.6 Å². The third kappa shape index (κ3) is 2.50. The van der Waals surface area contributed by atoms with Gasteiger partial charge in [0.1, 0.15) is 0 Å². The van der Waals surface area contributed by atoms with Crippen molar-refractivity contribution in [2.75, 3.05) is 0 Å². The van der Waals surface area contributed by atoms with Crippen LogP contribution in [0.3, 0.4) is 0 Å². The number of carboxylic acid groups (broad SMARTS) is 1. The molecule has 0 heterocycles. The van der Waals surface area contributed by atoms with Crippen molar-refractivity contribution in [1.29, 1.82) is 0 Å². The fourth-order valence-corrected chi connectivity index (χ4v) is 1.04. The van der Waals surface area contributed by atoms with Gasteiger partial charge in [-0.25, -0.2) is 9.18 Å². The molecule has 0 radical (unpaired) electrons. The van der Waals surface area contributed by atoms with Gasteiger partial charge in [0.05, 0.1) is 11.1 Å². The van der Waals surface area contributed by atoms with Crippen molar-refractivity contribution in [1.82, 2.24) is 0 Å². The fourth-order valence-electron chi connectivity index (χ4n) is 1.04.